The molecule has 1 saturated carbocycles. The highest BCUT2D eigenvalue weighted by atomic mass is 16.5. The molecule has 4 nitrogen and oxygen atoms in total. The van der Waals surface area contributed by atoms with E-state index in [9.17, 15) is 0 Å². The van der Waals surface area contributed by atoms with Gasteiger partial charge in [0.05, 0.1) is 13.2 Å². The summed E-state index contributed by atoms with van der Waals surface area (Å²) >= 11 is 0. The molecule has 2 aromatic rings. The second-order valence-corrected chi connectivity index (χ2v) is 8.81. The van der Waals surface area contributed by atoms with E-state index in [1.165, 1.54) is 48.8 Å². The number of benzene rings is 1. The largest absolute Gasteiger partial charge is 0.376 e. The summed E-state index contributed by atoms with van der Waals surface area (Å²) in [6.07, 6.45) is 11.2. The van der Waals surface area contributed by atoms with E-state index < -0.39 is 0 Å². The predicted octanol–water partition coefficient (Wildman–Crippen LogP) is 5.06. The van der Waals surface area contributed by atoms with Gasteiger partial charge in [-0.3, -0.25) is 0 Å². The fourth-order valence-corrected chi connectivity index (χ4v) is 4.68. The lowest BCUT2D eigenvalue weighted by atomic mass is 9.91. The number of ether oxygens (including phenoxy) is 1. The molecule has 4 heteroatoms. The van der Waals surface area contributed by atoms with E-state index in [0.29, 0.717) is 0 Å². The van der Waals surface area contributed by atoms with E-state index >= 15 is 0 Å². The smallest absolute Gasteiger partial charge is 0.225 e. The van der Waals surface area contributed by atoms with Crippen LogP contribution in [-0.4, -0.2) is 29.7 Å². The summed E-state index contributed by atoms with van der Waals surface area (Å²) in [4.78, 5) is 11.5. The first-order chi connectivity index (χ1) is 14.3. The van der Waals surface area contributed by atoms with Crippen LogP contribution in [0.4, 0.5) is 5.95 Å². The lowest BCUT2D eigenvalue weighted by molar-refractivity contribution is 0.104. The molecule has 0 N–H and O–H groups in total. The van der Waals surface area contributed by atoms with E-state index in [4.69, 9.17) is 4.74 Å². The van der Waals surface area contributed by atoms with Crippen molar-refractivity contribution in [2.24, 2.45) is 17.8 Å². The molecule has 1 aliphatic carbocycles. The lowest BCUT2D eigenvalue weighted by Crippen LogP contribution is -2.35. The van der Waals surface area contributed by atoms with Gasteiger partial charge in [0, 0.05) is 25.5 Å². The molecule has 2 fully saturated rings. The summed E-state index contributed by atoms with van der Waals surface area (Å²) in [5.41, 5.74) is 3.93. The molecule has 29 heavy (non-hydrogen) atoms. The van der Waals surface area contributed by atoms with Gasteiger partial charge in [0.15, 0.2) is 0 Å². The average molecular weight is 394 g/mol. The second kappa shape index (κ2) is 9.71. The highest BCUT2D eigenvalue weighted by Crippen LogP contribution is 2.48. The van der Waals surface area contributed by atoms with Gasteiger partial charge in [-0.05, 0) is 66.5 Å². The molecule has 156 valence electrons. The van der Waals surface area contributed by atoms with Gasteiger partial charge in [-0.15, -0.1) is 0 Å². The first-order valence-electron chi connectivity index (χ1n) is 11.5. The summed E-state index contributed by atoms with van der Waals surface area (Å²) in [5.74, 6) is 3.39. The Labute approximate surface area is 175 Å². The van der Waals surface area contributed by atoms with Crippen LogP contribution < -0.4 is 4.90 Å². The van der Waals surface area contributed by atoms with Crippen molar-refractivity contribution >= 4 is 5.95 Å². The van der Waals surface area contributed by atoms with Gasteiger partial charge in [-0.25, -0.2) is 9.97 Å². The van der Waals surface area contributed by atoms with Crippen LogP contribution in [0, 0.1) is 17.8 Å². The summed E-state index contributed by atoms with van der Waals surface area (Å²) in [5, 5.41) is 0. The average Bonchev–Trinajstić information content (AvgIpc) is 3.55. The number of aromatic nitrogens is 2. The highest BCUT2D eigenvalue weighted by Gasteiger charge is 2.43. The number of anilines is 1. The molecule has 0 bridgehead atoms. The number of piperidine rings is 1. The molecular weight excluding hydrogens is 358 g/mol. The summed E-state index contributed by atoms with van der Waals surface area (Å²) in [6, 6.07) is 8.94. The Morgan fingerprint density at radius 2 is 1.66 bits per heavy atom. The lowest BCUT2D eigenvalue weighted by Gasteiger charge is -2.32. The Hall–Kier alpha value is -1.94. The minimum atomic E-state index is 0.749. The first-order valence-corrected chi connectivity index (χ1v) is 11.5. The van der Waals surface area contributed by atoms with Gasteiger partial charge in [-0.2, -0.15) is 0 Å². The van der Waals surface area contributed by atoms with Gasteiger partial charge in [-0.1, -0.05) is 44.5 Å². The molecular formula is C25H35N3O. The minimum Gasteiger partial charge on any atom is -0.376 e. The van der Waals surface area contributed by atoms with Gasteiger partial charge in [0.25, 0.3) is 0 Å². The standard InChI is InChI=1S/C25H35N3O/c1-3-5-20-6-8-21(9-7-20)17-29-18-23-14-24(23)22-10-12-28(13-11-22)25-26-15-19(4-2)16-27-25/h6-9,15-16,22-24H,3-5,10-14,17-18H2,1-2H3. The van der Waals surface area contributed by atoms with E-state index in [0.717, 1.165) is 56.4 Å². The third-order valence-corrected chi connectivity index (χ3v) is 6.67. The molecule has 2 atom stereocenters. The molecule has 1 aromatic carbocycles. The maximum atomic E-state index is 6.05. The second-order valence-electron chi connectivity index (χ2n) is 8.81. The van der Waals surface area contributed by atoms with Crippen LogP contribution >= 0.6 is 0 Å². The van der Waals surface area contributed by atoms with Gasteiger partial charge < -0.3 is 9.64 Å². The number of aryl methyl sites for hydroxylation is 2. The maximum Gasteiger partial charge on any atom is 0.225 e. The SMILES string of the molecule is CCCc1ccc(COCC2CC2C2CCN(c3ncc(CC)cn3)CC2)cc1. The highest BCUT2D eigenvalue weighted by molar-refractivity contribution is 5.30. The monoisotopic (exact) mass is 393 g/mol. The van der Waals surface area contributed by atoms with Crippen LogP contribution in [0.3, 0.4) is 0 Å². The van der Waals surface area contributed by atoms with Crippen molar-refractivity contribution in [2.45, 2.75) is 59.0 Å². The molecule has 0 radical (unpaired) electrons. The Bertz CT molecular complexity index is 751. The van der Waals surface area contributed by atoms with E-state index in [1.807, 2.05) is 12.4 Å². The Balaban J connectivity index is 1.15. The normalized spacial score (nSPS) is 22.1. The van der Waals surface area contributed by atoms with Crippen molar-refractivity contribution in [1.29, 1.82) is 0 Å². The zero-order valence-electron chi connectivity index (χ0n) is 18.0. The van der Waals surface area contributed by atoms with Crippen molar-refractivity contribution in [2.75, 3.05) is 24.6 Å². The topological polar surface area (TPSA) is 38.2 Å². The zero-order chi connectivity index (χ0) is 20.1. The fraction of sp³-hybridized carbons (Fsp3) is 0.600. The van der Waals surface area contributed by atoms with Gasteiger partial charge in [0.2, 0.25) is 5.95 Å². The van der Waals surface area contributed by atoms with Crippen LogP contribution in [0.25, 0.3) is 0 Å². The summed E-state index contributed by atoms with van der Waals surface area (Å²) in [7, 11) is 0. The molecule has 2 unspecified atom stereocenters. The van der Waals surface area contributed by atoms with Crippen LogP contribution in [-0.2, 0) is 24.2 Å². The van der Waals surface area contributed by atoms with Crippen molar-refractivity contribution in [3.05, 3.63) is 53.3 Å². The molecule has 1 aromatic heterocycles. The zero-order valence-corrected chi connectivity index (χ0v) is 18.0. The quantitative estimate of drug-likeness (QED) is 0.597. The Morgan fingerprint density at radius 1 is 0.966 bits per heavy atom. The molecule has 4 rings (SSSR count). The van der Waals surface area contributed by atoms with Crippen LogP contribution in [0.15, 0.2) is 36.7 Å². The minimum absolute atomic E-state index is 0.749. The molecule has 0 spiro atoms. The maximum absolute atomic E-state index is 6.05. The number of hydrogen-bond donors (Lipinski definition) is 0. The van der Waals surface area contributed by atoms with Crippen LogP contribution in [0.1, 0.15) is 56.2 Å². The molecule has 2 aliphatic rings. The predicted molar refractivity (Wildman–Crippen MR) is 118 cm³/mol. The van der Waals surface area contributed by atoms with E-state index in [-0.39, 0.29) is 0 Å². The Kier molecular flexibility index (Phi) is 6.81. The van der Waals surface area contributed by atoms with Crippen LogP contribution in [0.5, 0.6) is 0 Å². The van der Waals surface area contributed by atoms with E-state index in [2.05, 4.69) is 53.0 Å². The van der Waals surface area contributed by atoms with Crippen LogP contribution in [0.2, 0.25) is 0 Å². The molecule has 0 amide bonds. The van der Waals surface area contributed by atoms with Gasteiger partial charge >= 0.3 is 0 Å². The Morgan fingerprint density at radius 3 is 2.31 bits per heavy atom. The van der Waals surface area contributed by atoms with Crippen molar-refractivity contribution in [3.8, 4) is 0 Å². The van der Waals surface area contributed by atoms with Crippen molar-refractivity contribution < 1.29 is 4.74 Å². The van der Waals surface area contributed by atoms with Crippen molar-refractivity contribution in [1.82, 2.24) is 9.97 Å². The fourth-order valence-electron chi connectivity index (χ4n) is 4.68. The summed E-state index contributed by atoms with van der Waals surface area (Å²) in [6.45, 7) is 8.21. The van der Waals surface area contributed by atoms with Crippen molar-refractivity contribution in [3.63, 3.8) is 0 Å². The first kappa shape index (κ1) is 20.3. The molecule has 1 aliphatic heterocycles. The number of hydrogen-bond acceptors (Lipinski definition) is 4. The third-order valence-electron chi connectivity index (χ3n) is 6.67. The molecule has 1 saturated heterocycles. The number of rotatable bonds is 9. The molecule has 2 heterocycles. The summed E-state index contributed by atoms with van der Waals surface area (Å²) < 4.78 is 6.05. The number of nitrogens with zero attached hydrogens (tertiary/aromatic N) is 3. The third kappa shape index (κ3) is 5.36. The van der Waals surface area contributed by atoms with E-state index in [1.54, 1.807) is 0 Å². The van der Waals surface area contributed by atoms with Gasteiger partial charge in [0.1, 0.15) is 0 Å².